The van der Waals surface area contributed by atoms with Crippen LogP contribution in [0.25, 0.3) is 0 Å². The third-order valence-corrected chi connectivity index (χ3v) is 1.39. The molecular weight excluding hydrogens is 164 g/mol. The highest BCUT2D eigenvalue weighted by Gasteiger charge is 2.04. The van der Waals surface area contributed by atoms with Crippen molar-refractivity contribution in [3.63, 3.8) is 0 Å². The molecule has 0 aliphatic carbocycles. The zero-order chi connectivity index (χ0) is 8.69. The predicted molar refractivity (Wildman–Crippen MR) is 45.5 cm³/mol. The number of unbranched alkanes of at least 4 members (excludes halogenated alkanes) is 1. The summed E-state index contributed by atoms with van der Waals surface area (Å²) in [6.45, 7) is 4.14. The molecule has 0 aliphatic heterocycles. The van der Waals surface area contributed by atoms with E-state index in [1.54, 1.807) is 13.0 Å². The van der Waals surface area contributed by atoms with Crippen LogP contribution in [-0.4, -0.2) is 12.6 Å². The number of esters is 1. The molecule has 0 saturated heterocycles. The highest BCUT2D eigenvalue weighted by molar-refractivity contribution is 6.41. The fraction of sp³-hybridized carbons (Fsp3) is 0.625. The van der Waals surface area contributed by atoms with E-state index in [4.69, 9.17) is 11.6 Å². The van der Waals surface area contributed by atoms with E-state index in [1.165, 1.54) is 0 Å². The minimum absolute atomic E-state index is 0.189. The summed E-state index contributed by atoms with van der Waals surface area (Å²) in [7, 11) is 0. The second kappa shape index (κ2) is 6.23. The standard InChI is InChI=1S/C8H13ClO2/c1-3-5-6-7(9)8(10)11-4-2/h6H,3-5H2,1-2H3/b7-6-. The van der Waals surface area contributed by atoms with Crippen molar-refractivity contribution in [2.45, 2.75) is 26.7 Å². The fourth-order valence-corrected chi connectivity index (χ4v) is 0.718. The summed E-state index contributed by atoms with van der Waals surface area (Å²) in [6.07, 6.45) is 3.48. The molecule has 2 nitrogen and oxygen atoms in total. The Morgan fingerprint density at radius 1 is 1.55 bits per heavy atom. The van der Waals surface area contributed by atoms with Crippen molar-refractivity contribution in [2.75, 3.05) is 6.61 Å². The molecule has 0 bridgehead atoms. The Labute approximate surface area is 72.2 Å². The number of allylic oxidation sites excluding steroid dienone is 1. The largest absolute Gasteiger partial charge is 0.462 e. The number of carbonyl (C=O) groups excluding carboxylic acids is 1. The molecule has 0 amide bonds. The average molecular weight is 177 g/mol. The monoisotopic (exact) mass is 176 g/mol. The highest BCUT2D eigenvalue weighted by atomic mass is 35.5. The van der Waals surface area contributed by atoms with Gasteiger partial charge in [-0.05, 0) is 13.3 Å². The first-order chi connectivity index (χ1) is 5.22. The van der Waals surface area contributed by atoms with Gasteiger partial charge < -0.3 is 4.74 Å². The Balaban J connectivity index is 3.80. The molecule has 0 radical (unpaired) electrons. The van der Waals surface area contributed by atoms with Crippen LogP contribution in [0.2, 0.25) is 0 Å². The van der Waals surface area contributed by atoms with Crippen LogP contribution in [0.1, 0.15) is 26.7 Å². The van der Waals surface area contributed by atoms with Crippen molar-refractivity contribution in [3.8, 4) is 0 Å². The van der Waals surface area contributed by atoms with Gasteiger partial charge in [0.15, 0.2) is 0 Å². The van der Waals surface area contributed by atoms with Crippen molar-refractivity contribution in [3.05, 3.63) is 11.1 Å². The molecule has 0 atom stereocenters. The second-order valence-corrected chi connectivity index (χ2v) is 2.47. The molecular formula is C8H13ClO2. The molecule has 3 heteroatoms. The van der Waals surface area contributed by atoms with Gasteiger partial charge in [0.2, 0.25) is 0 Å². The van der Waals surface area contributed by atoms with Crippen molar-refractivity contribution in [2.24, 2.45) is 0 Å². The van der Waals surface area contributed by atoms with Gasteiger partial charge in [0, 0.05) is 0 Å². The molecule has 0 aliphatic rings. The van der Waals surface area contributed by atoms with Gasteiger partial charge >= 0.3 is 5.97 Å². The van der Waals surface area contributed by atoms with Gasteiger partial charge in [-0.15, -0.1) is 0 Å². The molecule has 0 N–H and O–H groups in total. The first-order valence-corrected chi connectivity index (χ1v) is 4.13. The number of hydrogen-bond donors (Lipinski definition) is 0. The van der Waals surface area contributed by atoms with Crippen LogP contribution in [0.3, 0.4) is 0 Å². The minimum Gasteiger partial charge on any atom is -0.462 e. The van der Waals surface area contributed by atoms with Crippen LogP contribution >= 0.6 is 11.6 Å². The van der Waals surface area contributed by atoms with E-state index < -0.39 is 5.97 Å². The lowest BCUT2D eigenvalue weighted by Crippen LogP contribution is -2.03. The van der Waals surface area contributed by atoms with Gasteiger partial charge in [-0.3, -0.25) is 0 Å². The lowest BCUT2D eigenvalue weighted by Gasteiger charge is -1.98. The van der Waals surface area contributed by atoms with Crippen LogP contribution < -0.4 is 0 Å². The molecule has 0 rings (SSSR count). The van der Waals surface area contributed by atoms with Crippen molar-refractivity contribution >= 4 is 17.6 Å². The molecule has 0 heterocycles. The molecule has 0 fully saturated rings. The zero-order valence-electron chi connectivity index (χ0n) is 6.89. The van der Waals surface area contributed by atoms with Crippen LogP contribution in [0.4, 0.5) is 0 Å². The normalized spacial score (nSPS) is 11.4. The second-order valence-electron chi connectivity index (χ2n) is 2.06. The van der Waals surface area contributed by atoms with Gasteiger partial charge in [0.25, 0.3) is 0 Å². The third kappa shape index (κ3) is 4.85. The van der Waals surface area contributed by atoms with E-state index in [0.29, 0.717) is 6.61 Å². The van der Waals surface area contributed by atoms with E-state index in [1.807, 2.05) is 6.92 Å². The highest BCUT2D eigenvalue weighted by Crippen LogP contribution is 2.06. The zero-order valence-corrected chi connectivity index (χ0v) is 7.65. The lowest BCUT2D eigenvalue weighted by atomic mass is 10.3. The number of carbonyl (C=O) groups is 1. The lowest BCUT2D eigenvalue weighted by molar-refractivity contribution is -0.137. The molecule has 0 aromatic rings. The van der Waals surface area contributed by atoms with Crippen molar-refractivity contribution in [1.82, 2.24) is 0 Å². The number of halogens is 1. The number of hydrogen-bond acceptors (Lipinski definition) is 2. The Morgan fingerprint density at radius 3 is 2.64 bits per heavy atom. The SMILES string of the molecule is CCC/C=C(\Cl)C(=O)OCC. The third-order valence-electron chi connectivity index (χ3n) is 1.08. The van der Waals surface area contributed by atoms with Gasteiger partial charge in [0.1, 0.15) is 5.03 Å². The van der Waals surface area contributed by atoms with Gasteiger partial charge in [0.05, 0.1) is 6.61 Å². The summed E-state index contributed by atoms with van der Waals surface area (Å²) in [5, 5.41) is 0.189. The Bertz CT molecular complexity index is 152. The van der Waals surface area contributed by atoms with E-state index in [-0.39, 0.29) is 5.03 Å². The summed E-state index contributed by atoms with van der Waals surface area (Å²) < 4.78 is 4.66. The van der Waals surface area contributed by atoms with Gasteiger partial charge in [-0.2, -0.15) is 0 Å². The summed E-state index contributed by atoms with van der Waals surface area (Å²) in [6, 6.07) is 0. The van der Waals surface area contributed by atoms with Gasteiger partial charge in [-0.1, -0.05) is 31.0 Å². The molecule has 64 valence electrons. The first-order valence-electron chi connectivity index (χ1n) is 3.75. The fourth-order valence-electron chi connectivity index (χ4n) is 0.554. The minimum atomic E-state index is -0.428. The summed E-state index contributed by atoms with van der Waals surface area (Å²) in [5.74, 6) is -0.428. The maximum absolute atomic E-state index is 10.8. The van der Waals surface area contributed by atoms with E-state index in [2.05, 4.69) is 4.74 Å². The molecule has 0 spiro atoms. The molecule has 0 aromatic heterocycles. The summed E-state index contributed by atoms with van der Waals surface area (Å²) in [5.41, 5.74) is 0. The summed E-state index contributed by atoms with van der Waals surface area (Å²) >= 11 is 5.58. The topological polar surface area (TPSA) is 26.3 Å². The van der Waals surface area contributed by atoms with Crippen LogP contribution in [0.5, 0.6) is 0 Å². The molecule has 0 unspecified atom stereocenters. The van der Waals surface area contributed by atoms with E-state index in [9.17, 15) is 4.79 Å². The van der Waals surface area contributed by atoms with Crippen LogP contribution in [0, 0.1) is 0 Å². The van der Waals surface area contributed by atoms with E-state index >= 15 is 0 Å². The quantitative estimate of drug-likeness (QED) is 0.486. The van der Waals surface area contributed by atoms with Gasteiger partial charge in [-0.25, -0.2) is 4.79 Å². The molecule has 0 saturated carbocycles. The maximum atomic E-state index is 10.8. The van der Waals surface area contributed by atoms with Crippen molar-refractivity contribution < 1.29 is 9.53 Å². The predicted octanol–water partition coefficient (Wildman–Crippen LogP) is 2.47. The number of ether oxygens (including phenoxy) is 1. The first kappa shape index (κ1) is 10.5. The van der Waals surface area contributed by atoms with Crippen molar-refractivity contribution in [1.29, 1.82) is 0 Å². The Morgan fingerprint density at radius 2 is 2.18 bits per heavy atom. The number of rotatable bonds is 4. The average Bonchev–Trinajstić information content (AvgIpc) is 2.00. The Hall–Kier alpha value is -0.500. The van der Waals surface area contributed by atoms with Crippen LogP contribution in [-0.2, 0) is 9.53 Å². The van der Waals surface area contributed by atoms with E-state index in [0.717, 1.165) is 12.8 Å². The molecule has 0 aromatic carbocycles. The maximum Gasteiger partial charge on any atom is 0.349 e. The summed E-state index contributed by atoms with van der Waals surface area (Å²) in [4.78, 5) is 10.8. The van der Waals surface area contributed by atoms with Crippen LogP contribution in [0.15, 0.2) is 11.1 Å². The smallest absolute Gasteiger partial charge is 0.349 e. The molecule has 11 heavy (non-hydrogen) atoms. The Kier molecular flexibility index (Phi) is 5.94.